The van der Waals surface area contributed by atoms with Gasteiger partial charge in [0, 0.05) is 32.7 Å². The number of nitrogens with one attached hydrogen (secondary N) is 1. The summed E-state index contributed by atoms with van der Waals surface area (Å²) in [6.45, 7) is 2.37. The van der Waals surface area contributed by atoms with Gasteiger partial charge in [-0.15, -0.1) is 11.8 Å². The predicted octanol–water partition coefficient (Wildman–Crippen LogP) is 5.30. The maximum absolute atomic E-state index is 3.60. The van der Waals surface area contributed by atoms with E-state index in [4.69, 9.17) is 0 Å². The topological polar surface area (TPSA) is 15.8 Å². The van der Waals surface area contributed by atoms with Crippen LogP contribution in [0.2, 0.25) is 0 Å². The van der Waals surface area contributed by atoms with Gasteiger partial charge in [0.15, 0.2) is 0 Å². The van der Waals surface area contributed by atoms with Crippen molar-refractivity contribution in [1.29, 1.82) is 0 Å². The Balaban J connectivity index is 1.80. The molecule has 21 heavy (non-hydrogen) atoms. The van der Waals surface area contributed by atoms with E-state index in [0.717, 1.165) is 0 Å². The van der Waals surface area contributed by atoms with E-state index >= 15 is 0 Å². The minimum atomic E-state index is 0.536. The number of hydrogen-bond acceptors (Lipinski definition) is 1. The van der Waals surface area contributed by atoms with Gasteiger partial charge in [-0.2, -0.15) is 0 Å². The van der Waals surface area contributed by atoms with Crippen molar-refractivity contribution < 1.29 is 0 Å². The van der Waals surface area contributed by atoms with Crippen molar-refractivity contribution in [2.24, 2.45) is 0 Å². The van der Waals surface area contributed by atoms with E-state index in [0.29, 0.717) is 11.2 Å². The molecule has 5 rings (SSSR count). The van der Waals surface area contributed by atoms with Crippen LogP contribution in [-0.2, 0) is 0 Å². The number of benzene rings is 2. The van der Waals surface area contributed by atoms with Crippen molar-refractivity contribution in [3.05, 3.63) is 65.4 Å². The molecule has 0 saturated heterocycles. The molecule has 0 spiro atoms. The highest BCUT2D eigenvalue weighted by Crippen LogP contribution is 2.54. The maximum Gasteiger partial charge on any atom is 0.0461 e. The summed E-state index contributed by atoms with van der Waals surface area (Å²) >= 11 is 2.02. The van der Waals surface area contributed by atoms with Crippen molar-refractivity contribution in [3.63, 3.8) is 0 Å². The van der Waals surface area contributed by atoms with Crippen molar-refractivity contribution in [3.8, 4) is 0 Å². The lowest BCUT2D eigenvalue weighted by Crippen LogP contribution is -2.15. The largest absolute Gasteiger partial charge is 0.355 e. The Hall–Kier alpha value is -1.93. The highest BCUT2D eigenvalue weighted by atomic mass is 32.2. The molecule has 2 atom stereocenters. The molecule has 2 heteroatoms. The lowest BCUT2D eigenvalue weighted by atomic mass is 9.83. The van der Waals surface area contributed by atoms with E-state index in [1.807, 2.05) is 11.8 Å². The lowest BCUT2D eigenvalue weighted by Gasteiger charge is -2.25. The Bertz CT molecular complexity index is 903. The third kappa shape index (κ3) is 1.48. The summed E-state index contributed by atoms with van der Waals surface area (Å²) in [5.74, 6) is 0.536. The number of hydrogen-bond donors (Lipinski definition) is 1. The van der Waals surface area contributed by atoms with Gasteiger partial charge in [0.2, 0.25) is 0 Å². The van der Waals surface area contributed by atoms with E-state index in [1.54, 1.807) is 0 Å². The van der Waals surface area contributed by atoms with E-state index in [9.17, 15) is 0 Å². The molecule has 3 aromatic rings. The second-order valence-electron chi connectivity index (χ2n) is 5.92. The minimum absolute atomic E-state index is 0.536. The SMILES string of the molecule is CC1c2c([nH]c3ccccc23)C=C2c3ccccc3SC21. The molecule has 2 heterocycles. The number of thioether (sulfide) groups is 1. The molecule has 1 aromatic heterocycles. The number of rotatable bonds is 0. The van der Waals surface area contributed by atoms with Gasteiger partial charge in [-0.3, -0.25) is 0 Å². The van der Waals surface area contributed by atoms with Crippen LogP contribution in [0.4, 0.5) is 0 Å². The zero-order chi connectivity index (χ0) is 14.0. The highest BCUT2D eigenvalue weighted by molar-refractivity contribution is 8.01. The molecule has 1 aliphatic heterocycles. The molecule has 0 bridgehead atoms. The zero-order valence-electron chi connectivity index (χ0n) is 11.8. The van der Waals surface area contributed by atoms with Gasteiger partial charge in [0.05, 0.1) is 0 Å². The second-order valence-corrected chi connectivity index (χ2v) is 7.10. The summed E-state index contributed by atoms with van der Waals surface area (Å²) in [6, 6.07) is 17.5. The Morgan fingerprint density at radius 1 is 1.00 bits per heavy atom. The second kappa shape index (κ2) is 4.05. The molecular formula is C19H15NS. The molecule has 0 amide bonds. The number of fused-ring (bicyclic) bond motifs is 6. The van der Waals surface area contributed by atoms with Crippen LogP contribution in [0.1, 0.15) is 29.7 Å². The standard InChI is InChI=1S/C19H15NS/c1-11-18-13-7-2-4-8-15(13)20-16(18)10-14-12-6-3-5-9-17(12)21-19(11)14/h2-11,19-20H,1H3. The first-order chi connectivity index (χ1) is 10.3. The number of H-pyrrole nitrogens is 1. The average molecular weight is 289 g/mol. The average Bonchev–Trinajstić information content (AvgIpc) is 3.06. The van der Waals surface area contributed by atoms with Gasteiger partial charge >= 0.3 is 0 Å². The van der Waals surface area contributed by atoms with Crippen LogP contribution in [0, 0.1) is 0 Å². The van der Waals surface area contributed by atoms with Gasteiger partial charge < -0.3 is 4.98 Å². The van der Waals surface area contributed by atoms with Crippen molar-refractivity contribution >= 4 is 34.3 Å². The molecule has 2 unspecified atom stereocenters. The van der Waals surface area contributed by atoms with Crippen LogP contribution in [0.3, 0.4) is 0 Å². The third-order valence-corrected chi connectivity index (χ3v) is 6.27. The Labute approximate surface area is 128 Å². The van der Waals surface area contributed by atoms with Crippen LogP contribution in [0.5, 0.6) is 0 Å². The fourth-order valence-corrected chi connectivity index (χ4v) is 5.19. The van der Waals surface area contributed by atoms with Crippen LogP contribution in [-0.4, -0.2) is 10.2 Å². The highest BCUT2D eigenvalue weighted by Gasteiger charge is 2.37. The molecule has 2 aromatic carbocycles. The Kier molecular flexibility index (Phi) is 2.25. The molecule has 102 valence electrons. The van der Waals surface area contributed by atoms with E-state index in [1.165, 1.54) is 38.2 Å². The normalized spacial score (nSPS) is 22.6. The minimum Gasteiger partial charge on any atom is -0.355 e. The van der Waals surface area contributed by atoms with Crippen LogP contribution in [0.15, 0.2) is 53.4 Å². The van der Waals surface area contributed by atoms with Crippen molar-refractivity contribution in [1.82, 2.24) is 4.98 Å². The van der Waals surface area contributed by atoms with Gasteiger partial charge in [0.25, 0.3) is 0 Å². The number of aromatic nitrogens is 1. The molecule has 2 aliphatic rings. The van der Waals surface area contributed by atoms with Crippen LogP contribution < -0.4 is 0 Å². The van der Waals surface area contributed by atoms with Crippen LogP contribution in [0.25, 0.3) is 22.6 Å². The summed E-state index contributed by atoms with van der Waals surface area (Å²) in [5, 5.41) is 1.93. The number of para-hydroxylation sites is 1. The Morgan fingerprint density at radius 2 is 1.81 bits per heavy atom. The fourth-order valence-electron chi connectivity index (χ4n) is 3.79. The monoisotopic (exact) mass is 289 g/mol. The summed E-state index contributed by atoms with van der Waals surface area (Å²) in [5.41, 5.74) is 6.95. The molecule has 1 N–H and O–H groups in total. The molecule has 0 saturated carbocycles. The fraction of sp³-hybridized carbons (Fsp3) is 0.158. The molecule has 1 aliphatic carbocycles. The molecule has 0 fully saturated rings. The van der Waals surface area contributed by atoms with E-state index < -0.39 is 0 Å². The summed E-state index contributed by atoms with van der Waals surface area (Å²) in [7, 11) is 0. The van der Waals surface area contributed by atoms with E-state index in [-0.39, 0.29) is 0 Å². The van der Waals surface area contributed by atoms with Gasteiger partial charge in [-0.25, -0.2) is 0 Å². The first-order valence-corrected chi connectivity index (χ1v) is 8.29. The first-order valence-electron chi connectivity index (χ1n) is 7.41. The molecule has 0 radical (unpaired) electrons. The smallest absolute Gasteiger partial charge is 0.0461 e. The van der Waals surface area contributed by atoms with Crippen LogP contribution >= 0.6 is 11.8 Å². The molecule has 1 nitrogen and oxygen atoms in total. The predicted molar refractivity (Wildman–Crippen MR) is 90.7 cm³/mol. The van der Waals surface area contributed by atoms with E-state index in [2.05, 4.69) is 66.5 Å². The van der Waals surface area contributed by atoms with Gasteiger partial charge in [0.1, 0.15) is 0 Å². The quantitative estimate of drug-likeness (QED) is 0.593. The third-order valence-electron chi connectivity index (χ3n) is 4.74. The Morgan fingerprint density at radius 3 is 2.76 bits per heavy atom. The zero-order valence-corrected chi connectivity index (χ0v) is 12.6. The van der Waals surface area contributed by atoms with Gasteiger partial charge in [-0.1, -0.05) is 43.3 Å². The summed E-state index contributed by atoms with van der Waals surface area (Å²) < 4.78 is 0. The van der Waals surface area contributed by atoms with Crippen molar-refractivity contribution in [2.75, 3.05) is 0 Å². The van der Waals surface area contributed by atoms with Gasteiger partial charge in [-0.05, 0) is 34.9 Å². The lowest BCUT2D eigenvalue weighted by molar-refractivity contribution is 0.810. The summed E-state index contributed by atoms with van der Waals surface area (Å²) in [4.78, 5) is 5.03. The first kappa shape index (κ1) is 11.7. The summed E-state index contributed by atoms with van der Waals surface area (Å²) in [6.07, 6.45) is 2.37. The number of aromatic amines is 1. The molecular weight excluding hydrogens is 274 g/mol. The maximum atomic E-state index is 3.60. The van der Waals surface area contributed by atoms with Crippen molar-refractivity contribution in [2.45, 2.75) is 23.0 Å².